The molecule has 0 radical (unpaired) electrons. The van der Waals surface area contributed by atoms with Crippen molar-refractivity contribution in [3.05, 3.63) is 54.1 Å². The van der Waals surface area contributed by atoms with Gasteiger partial charge in [-0.1, -0.05) is 12.1 Å². The Balaban J connectivity index is 1.84. The average Bonchev–Trinajstić information content (AvgIpc) is 2.49. The second kappa shape index (κ2) is 5.60. The molecule has 0 bridgehead atoms. The normalized spacial score (nSPS) is 18.6. The van der Waals surface area contributed by atoms with Crippen molar-refractivity contribution in [2.75, 3.05) is 10.6 Å². The smallest absolute Gasteiger partial charge is 0.262 e. The molecule has 3 N–H and O–H groups in total. The summed E-state index contributed by atoms with van der Waals surface area (Å²) in [4.78, 5) is 12.2. The average molecular weight is 339 g/mol. The minimum atomic E-state index is -3.87. The Hall–Kier alpha value is -2.52. The predicted octanol–water partition coefficient (Wildman–Crippen LogP) is 1.63. The molecule has 0 saturated heterocycles. The molecule has 0 saturated carbocycles. The van der Waals surface area contributed by atoms with Gasteiger partial charge in [-0.3, -0.25) is 4.79 Å². The summed E-state index contributed by atoms with van der Waals surface area (Å²) in [5, 5.41) is 4.91. The molecule has 23 heavy (non-hydrogen) atoms. The van der Waals surface area contributed by atoms with Gasteiger partial charge in [0.15, 0.2) is 6.17 Å². The lowest BCUT2D eigenvalue weighted by Gasteiger charge is -2.27. The fraction of sp³-hybridized carbons (Fsp3) is 0.0714. The molecular formula is C14H11F2N3O3S. The molecule has 9 heteroatoms. The van der Waals surface area contributed by atoms with E-state index in [0.717, 1.165) is 12.1 Å². The number of halogens is 2. The first kappa shape index (κ1) is 15.4. The van der Waals surface area contributed by atoms with E-state index in [2.05, 4.69) is 15.4 Å². The van der Waals surface area contributed by atoms with E-state index in [1.54, 1.807) is 12.1 Å². The van der Waals surface area contributed by atoms with Crippen molar-refractivity contribution in [2.24, 2.45) is 0 Å². The van der Waals surface area contributed by atoms with Gasteiger partial charge in [0.2, 0.25) is 10.0 Å². The molecule has 0 aliphatic carbocycles. The number of amides is 1. The van der Waals surface area contributed by atoms with Crippen LogP contribution in [-0.2, 0) is 14.8 Å². The quantitative estimate of drug-likeness (QED) is 0.776. The first-order chi connectivity index (χ1) is 10.9. The number of para-hydroxylation sites is 1. The summed E-state index contributed by atoms with van der Waals surface area (Å²) in [6.07, 6.45) is -1.32. The highest BCUT2D eigenvalue weighted by Crippen LogP contribution is 2.25. The van der Waals surface area contributed by atoms with E-state index in [4.69, 9.17) is 0 Å². The number of fused-ring (bicyclic) bond motifs is 1. The molecule has 0 aromatic heterocycles. The molecule has 1 amide bonds. The molecule has 0 fully saturated rings. The maximum absolute atomic E-state index is 13.6. The van der Waals surface area contributed by atoms with Gasteiger partial charge >= 0.3 is 0 Å². The van der Waals surface area contributed by atoms with Crippen LogP contribution in [0.2, 0.25) is 0 Å². The lowest BCUT2D eigenvalue weighted by molar-refractivity contribution is -0.117. The predicted molar refractivity (Wildman–Crippen MR) is 79.2 cm³/mol. The Morgan fingerprint density at radius 1 is 1.13 bits per heavy atom. The molecule has 2 aromatic carbocycles. The topological polar surface area (TPSA) is 87.3 Å². The molecule has 6 nitrogen and oxygen atoms in total. The molecule has 3 rings (SSSR count). The van der Waals surface area contributed by atoms with E-state index in [-0.39, 0.29) is 16.3 Å². The molecule has 1 aliphatic rings. The fourth-order valence-corrected chi connectivity index (χ4v) is 3.42. The monoisotopic (exact) mass is 339 g/mol. The SMILES string of the molecule is O=C(Nc1ccc(F)cc1F)[C@@H]1Nc2ccccc2S(=O)(=O)N1. The number of benzene rings is 2. The Bertz CT molecular complexity index is 887. The van der Waals surface area contributed by atoms with E-state index in [1.165, 1.54) is 12.1 Å². The Morgan fingerprint density at radius 3 is 2.61 bits per heavy atom. The largest absolute Gasteiger partial charge is 0.360 e. The molecule has 0 spiro atoms. The zero-order valence-electron chi connectivity index (χ0n) is 11.5. The number of rotatable bonds is 2. The van der Waals surface area contributed by atoms with Crippen molar-refractivity contribution in [1.29, 1.82) is 0 Å². The fourth-order valence-electron chi connectivity index (χ4n) is 2.14. The van der Waals surface area contributed by atoms with Crippen LogP contribution in [0.4, 0.5) is 20.2 Å². The summed E-state index contributed by atoms with van der Waals surface area (Å²) in [7, 11) is -3.87. The minimum Gasteiger partial charge on any atom is -0.360 e. The number of sulfonamides is 1. The van der Waals surface area contributed by atoms with Gasteiger partial charge in [-0.05, 0) is 24.3 Å². The van der Waals surface area contributed by atoms with Crippen molar-refractivity contribution in [2.45, 2.75) is 11.1 Å². The molecule has 1 heterocycles. The lowest BCUT2D eigenvalue weighted by Crippen LogP contribution is -2.51. The van der Waals surface area contributed by atoms with Gasteiger partial charge in [0.25, 0.3) is 5.91 Å². The van der Waals surface area contributed by atoms with Crippen molar-refractivity contribution in [1.82, 2.24) is 4.72 Å². The Labute approximate surface area is 130 Å². The summed E-state index contributed by atoms with van der Waals surface area (Å²) in [6.45, 7) is 0. The molecule has 120 valence electrons. The zero-order chi connectivity index (χ0) is 16.6. The van der Waals surface area contributed by atoms with Gasteiger partial charge in [-0.15, -0.1) is 0 Å². The van der Waals surface area contributed by atoms with Crippen LogP contribution in [0.1, 0.15) is 0 Å². The Morgan fingerprint density at radius 2 is 1.87 bits per heavy atom. The third kappa shape index (κ3) is 3.01. The lowest BCUT2D eigenvalue weighted by atomic mass is 10.2. The standard InChI is InChI=1S/C14H11F2N3O3S/c15-8-5-6-10(9(16)7-8)18-14(20)13-17-11-3-1-2-4-12(11)23(21,22)19-13/h1-7,13,17,19H,(H,18,20)/t13-/m1/s1. The maximum atomic E-state index is 13.6. The van der Waals surface area contributed by atoms with Crippen molar-refractivity contribution >= 4 is 27.3 Å². The van der Waals surface area contributed by atoms with Crippen LogP contribution >= 0.6 is 0 Å². The first-order valence-electron chi connectivity index (χ1n) is 6.51. The van der Waals surface area contributed by atoms with Crippen LogP contribution in [0, 0.1) is 11.6 Å². The third-order valence-corrected chi connectivity index (χ3v) is 4.68. The van der Waals surface area contributed by atoms with Crippen LogP contribution in [0.3, 0.4) is 0 Å². The van der Waals surface area contributed by atoms with E-state index in [1.807, 2.05) is 0 Å². The van der Waals surface area contributed by atoms with Crippen molar-refractivity contribution < 1.29 is 22.0 Å². The molecule has 1 atom stereocenters. The van der Waals surface area contributed by atoms with Crippen LogP contribution < -0.4 is 15.4 Å². The highest BCUT2D eigenvalue weighted by atomic mass is 32.2. The van der Waals surface area contributed by atoms with E-state index in [9.17, 15) is 22.0 Å². The van der Waals surface area contributed by atoms with Crippen LogP contribution in [0.15, 0.2) is 47.4 Å². The van der Waals surface area contributed by atoms with Crippen LogP contribution in [0.25, 0.3) is 0 Å². The highest BCUT2D eigenvalue weighted by Gasteiger charge is 2.33. The summed E-state index contributed by atoms with van der Waals surface area (Å²) in [5.41, 5.74) is 0.00207. The number of carbonyl (C=O) groups is 1. The molecule has 1 aliphatic heterocycles. The number of hydrogen-bond donors (Lipinski definition) is 3. The second-order valence-electron chi connectivity index (χ2n) is 4.81. The maximum Gasteiger partial charge on any atom is 0.262 e. The minimum absolute atomic E-state index is 0.0111. The first-order valence-corrected chi connectivity index (χ1v) is 7.99. The molecule has 0 unspecified atom stereocenters. The molecule has 2 aromatic rings. The number of carbonyl (C=O) groups excluding carboxylic acids is 1. The summed E-state index contributed by atoms with van der Waals surface area (Å²) in [5.74, 6) is -2.57. The van der Waals surface area contributed by atoms with Gasteiger partial charge in [-0.25, -0.2) is 17.2 Å². The summed E-state index contributed by atoms with van der Waals surface area (Å²) in [6, 6.07) is 8.70. The Kier molecular flexibility index (Phi) is 3.74. The van der Waals surface area contributed by atoms with E-state index in [0.29, 0.717) is 6.07 Å². The van der Waals surface area contributed by atoms with Crippen LogP contribution in [0.5, 0.6) is 0 Å². The molecular weight excluding hydrogens is 328 g/mol. The zero-order valence-corrected chi connectivity index (χ0v) is 12.3. The second-order valence-corrected chi connectivity index (χ2v) is 6.49. The van der Waals surface area contributed by atoms with Crippen LogP contribution in [-0.4, -0.2) is 20.5 Å². The van der Waals surface area contributed by atoms with Crippen molar-refractivity contribution in [3.63, 3.8) is 0 Å². The van der Waals surface area contributed by atoms with Crippen molar-refractivity contribution in [3.8, 4) is 0 Å². The van der Waals surface area contributed by atoms with Gasteiger partial charge < -0.3 is 10.6 Å². The number of hydrogen-bond acceptors (Lipinski definition) is 4. The summed E-state index contributed by atoms with van der Waals surface area (Å²) < 4.78 is 52.8. The highest BCUT2D eigenvalue weighted by molar-refractivity contribution is 7.89. The van der Waals surface area contributed by atoms with E-state index < -0.39 is 33.7 Å². The van der Waals surface area contributed by atoms with Gasteiger partial charge in [0.1, 0.15) is 16.5 Å². The van der Waals surface area contributed by atoms with Gasteiger partial charge in [0, 0.05) is 6.07 Å². The third-order valence-electron chi connectivity index (χ3n) is 3.20. The van der Waals surface area contributed by atoms with E-state index >= 15 is 0 Å². The van der Waals surface area contributed by atoms with Gasteiger partial charge in [0.05, 0.1) is 11.4 Å². The summed E-state index contributed by atoms with van der Waals surface area (Å²) >= 11 is 0. The number of nitrogens with one attached hydrogen (secondary N) is 3. The number of anilines is 2. The van der Waals surface area contributed by atoms with Gasteiger partial charge in [-0.2, -0.15) is 4.72 Å².